The summed E-state index contributed by atoms with van der Waals surface area (Å²) in [5.74, 6) is -0.419. The van der Waals surface area contributed by atoms with Crippen LogP contribution in [0, 0.1) is 5.92 Å². The largest absolute Gasteiger partial charge is 0.508 e. The minimum atomic E-state index is -0.350. The first-order chi connectivity index (χ1) is 8.43. The van der Waals surface area contributed by atoms with Crippen LogP contribution in [-0.4, -0.2) is 35.9 Å². The number of rotatable bonds is 5. The van der Waals surface area contributed by atoms with Crippen LogP contribution >= 0.6 is 0 Å². The summed E-state index contributed by atoms with van der Waals surface area (Å²) in [5, 5.41) is 21.5. The fraction of sp³-hybridized carbons (Fsp3) is 0.462. The third kappa shape index (κ3) is 3.92. The van der Waals surface area contributed by atoms with Crippen molar-refractivity contribution in [3.63, 3.8) is 0 Å². The van der Waals surface area contributed by atoms with Crippen molar-refractivity contribution in [1.82, 2.24) is 5.32 Å². The van der Waals surface area contributed by atoms with Gasteiger partial charge < -0.3 is 20.3 Å². The Labute approximate surface area is 106 Å². The number of amides is 1. The smallest absolute Gasteiger partial charge is 0.251 e. The highest BCUT2D eigenvalue weighted by Crippen LogP contribution is 2.20. The lowest BCUT2D eigenvalue weighted by Crippen LogP contribution is -2.41. The van der Waals surface area contributed by atoms with Crippen molar-refractivity contribution in [3.05, 3.63) is 23.8 Å². The number of methoxy groups -OCH3 is 1. The number of carbonyl (C=O) groups excluding carboxylic acids is 1. The molecule has 0 aliphatic heterocycles. The zero-order valence-electron chi connectivity index (χ0n) is 10.8. The Morgan fingerprint density at radius 2 is 1.83 bits per heavy atom. The van der Waals surface area contributed by atoms with Crippen LogP contribution in [0.1, 0.15) is 24.2 Å². The van der Waals surface area contributed by atoms with Crippen molar-refractivity contribution in [2.45, 2.75) is 19.9 Å². The van der Waals surface area contributed by atoms with E-state index < -0.39 is 0 Å². The third-order valence-corrected chi connectivity index (χ3v) is 2.63. The molecule has 0 radical (unpaired) electrons. The molecule has 1 aromatic carbocycles. The highest BCUT2D eigenvalue weighted by molar-refractivity contribution is 5.95. The Bertz CT molecular complexity index is 397. The number of hydrogen-bond donors (Lipinski definition) is 3. The van der Waals surface area contributed by atoms with Gasteiger partial charge in [0, 0.05) is 18.7 Å². The van der Waals surface area contributed by atoms with Crippen LogP contribution in [0.2, 0.25) is 0 Å². The monoisotopic (exact) mass is 253 g/mol. The molecule has 0 spiro atoms. The summed E-state index contributed by atoms with van der Waals surface area (Å²) in [4.78, 5) is 11.9. The normalized spacial score (nSPS) is 12.4. The van der Waals surface area contributed by atoms with Gasteiger partial charge in [0.05, 0.1) is 12.6 Å². The SMILES string of the molecule is COCC(NC(=O)c1cc(O)cc(O)c1)C(C)C. The van der Waals surface area contributed by atoms with Crippen molar-refractivity contribution >= 4 is 5.91 Å². The van der Waals surface area contributed by atoms with Gasteiger partial charge in [-0.2, -0.15) is 0 Å². The summed E-state index contributed by atoms with van der Waals surface area (Å²) in [6, 6.07) is 3.66. The Hall–Kier alpha value is -1.75. The Morgan fingerprint density at radius 3 is 2.28 bits per heavy atom. The van der Waals surface area contributed by atoms with Crippen molar-refractivity contribution in [1.29, 1.82) is 0 Å². The van der Waals surface area contributed by atoms with Gasteiger partial charge in [-0.05, 0) is 18.1 Å². The van der Waals surface area contributed by atoms with E-state index in [1.165, 1.54) is 18.2 Å². The fourth-order valence-electron chi connectivity index (χ4n) is 1.56. The maximum Gasteiger partial charge on any atom is 0.251 e. The van der Waals surface area contributed by atoms with Gasteiger partial charge in [-0.1, -0.05) is 13.8 Å². The second-order valence-corrected chi connectivity index (χ2v) is 4.52. The van der Waals surface area contributed by atoms with Crippen molar-refractivity contribution in [2.24, 2.45) is 5.92 Å². The van der Waals surface area contributed by atoms with Gasteiger partial charge in [0.2, 0.25) is 0 Å². The van der Waals surface area contributed by atoms with Crippen LogP contribution in [0.5, 0.6) is 11.5 Å². The predicted molar refractivity (Wildman–Crippen MR) is 67.7 cm³/mol. The van der Waals surface area contributed by atoms with E-state index in [9.17, 15) is 15.0 Å². The zero-order valence-corrected chi connectivity index (χ0v) is 10.8. The van der Waals surface area contributed by atoms with Gasteiger partial charge in [0.25, 0.3) is 5.91 Å². The molecule has 1 unspecified atom stereocenters. The van der Waals surface area contributed by atoms with E-state index in [0.29, 0.717) is 6.61 Å². The van der Waals surface area contributed by atoms with E-state index in [4.69, 9.17) is 4.74 Å². The summed E-state index contributed by atoms with van der Waals surface area (Å²) in [6.45, 7) is 4.36. The number of phenolic OH excluding ortho intramolecular Hbond substituents is 2. The third-order valence-electron chi connectivity index (χ3n) is 2.63. The first kappa shape index (κ1) is 14.3. The lowest BCUT2D eigenvalue weighted by atomic mass is 10.0. The molecule has 0 saturated carbocycles. The van der Waals surface area contributed by atoms with Gasteiger partial charge >= 0.3 is 0 Å². The molecule has 0 aliphatic carbocycles. The topological polar surface area (TPSA) is 78.8 Å². The number of ether oxygens (including phenoxy) is 1. The van der Waals surface area contributed by atoms with E-state index in [1.807, 2.05) is 13.8 Å². The minimum Gasteiger partial charge on any atom is -0.508 e. The summed E-state index contributed by atoms with van der Waals surface area (Å²) in [5.41, 5.74) is 0.217. The van der Waals surface area contributed by atoms with E-state index >= 15 is 0 Å². The standard InChI is InChI=1S/C13H19NO4/c1-8(2)12(7-18-3)14-13(17)9-4-10(15)6-11(16)5-9/h4-6,8,12,15-16H,7H2,1-3H3,(H,14,17). The average molecular weight is 253 g/mol. The summed E-state index contributed by atoms with van der Waals surface area (Å²) in [7, 11) is 1.57. The molecule has 0 heterocycles. The highest BCUT2D eigenvalue weighted by Gasteiger charge is 2.17. The molecule has 0 aliphatic rings. The molecule has 5 nitrogen and oxygen atoms in total. The Kier molecular flexibility index (Phi) is 4.97. The molecule has 100 valence electrons. The van der Waals surface area contributed by atoms with Crippen molar-refractivity contribution in [2.75, 3.05) is 13.7 Å². The van der Waals surface area contributed by atoms with Crippen LogP contribution in [0.25, 0.3) is 0 Å². The molecular weight excluding hydrogens is 234 g/mol. The van der Waals surface area contributed by atoms with E-state index in [1.54, 1.807) is 7.11 Å². The van der Waals surface area contributed by atoms with E-state index in [-0.39, 0.29) is 34.9 Å². The number of hydrogen-bond acceptors (Lipinski definition) is 4. The molecular formula is C13H19NO4. The van der Waals surface area contributed by atoms with Gasteiger partial charge in [0.1, 0.15) is 11.5 Å². The minimum absolute atomic E-state index is 0.119. The maximum absolute atomic E-state index is 11.9. The van der Waals surface area contributed by atoms with Gasteiger partial charge in [0.15, 0.2) is 0 Å². The van der Waals surface area contributed by atoms with Crippen LogP contribution in [0.3, 0.4) is 0 Å². The fourth-order valence-corrected chi connectivity index (χ4v) is 1.56. The molecule has 0 aromatic heterocycles. The quantitative estimate of drug-likeness (QED) is 0.743. The van der Waals surface area contributed by atoms with E-state index in [2.05, 4.69) is 5.32 Å². The summed E-state index contributed by atoms with van der Waals surface area (Å²) >= 11 is 0. The maximum atomic E-state index is 11.9. The lowest BCUT2D eigenvalue weighted by molar-refractivity contribution is 0.0866. The number of nitrogens with one attached hydrogen (secondary N) is 1. The van der Waals surface area contributed by atoms with E-state index in [0.717, 1.165) is 0 Å². The van der Waals surface area contributed by atoms with Gasteiger partial charge in [-0.15, -0.1) is 0 Å². The first-order valence-electron chi connectivity index (χ1n) is 5.77. The molecule has 0 saturated heterocycles. The van der Waals surface area contributed by atoms with Gasteiger partial charge in [-0.3, -0.25) is 4.79 Å². The molecule has 18 heavy (non-hydrogen) atoms. The average Bonchev–Trinajstić information content (AvgIpc) is 2.26. The molecule has 0 bridgehead atoms. The molecule has 5 heteroatoms. The second kappa shape index (κ2) is 6.26. The molecule has 1 atom stereocenters. The number of benzene rings is 1. The molecule has 3 N–H and O–H groups in total. The second-order valence-electron chi connectivity index (χ2n) is 4.52. The highest BCUT2D eigenvalue weighted by atomic mass is 16.5. The van der Waals surface area contributed by atoms with Crippen LogP contribution in [-0.2, 0) is 4.74 Å². The van der Waals surface area contributed by atoms with Crippen LogP contribution < -0.4 is 5.32 Å². The van der Waals surface area contributed by atoms with Crippen LogP contribution in [0.15, 0.2) is 18.2 Å². The number of aromatic hydroxyl groups is 2. The summed E-state index contributed by atoms with van der Waals surface area (Å²) in [6.07, 6.45) is 0. The predicted octanol–water partition coefficient (Wildman–Crippen LogP) is 1.50. The lowest BCUT2D eigenvalue weighted by Gasteiger charge is -2.21. The van der Waals surface area contributed by atoms with Crippen molar-refractivity contribution in [3.8, 4) is 11.5 Å². The Morgan fingerprint density at radius 1 is 1.28 bits per heavy atom. The number of phenols is 2. The molecule has 1 amide bonds. The number of carbonyl (C=O) groups is 1. The first-order valence-corrected chi connectivity index (χ1v) is 5.77. The molecule has 0 fully saturated rings. The molecule has 1 rings (SSSR count). The summed E-state index contributed by atoms with van der Waals surface area (Å²) < 4.78 is 5.04. The molecule has 1 aromatic rings. The van der Waals surface area contributed by atoms with Crippen LogP contribution in [0.4, 0.5) is 0 Å². The Balaban J connectivity index is 2.80. The zero-order chi connectivity index (χ0) is 13.7. The van der Waals surface area contributed by atoms with Crippen molar-refractivity contribution < 1.29 is 19.7 Å². The van der Waals surface area contributed by atoms with Gasteiger partial charge in [-0.25, -0.2) is 0 Å².